The molecule has 2 unspecified atom stereocenters. The summed E-state index contributed by atoms with van der Waals surface area (Å²) in [6, 6.07) is 2.09. The molecule has 100 valence electrons. The third kappa shape index (κ3) is 3.13. The van der Waals surface area contributed by atoms with Crippen molar-refractivity contribution in [1.29, 1.82) is 0 Å². The minimum atomic E-state index is 0.179. The van der Waals surface area contributed by atoms with Gasteiger partial charge >= 0.3 is 0 Å². The first-order valence-electron chi connectivity index (χ1n) is 6.44. The number of ether oxygens (including phenoxy) is 1. The topological polar surface area (TPSA) is 60.2 Å². The molecule has 18 heavy (non-hydrogen) atoms. The van der Waals surface area contributed by atoms with Crippen molar-refractivity contribution in [2.45, 2.75) is 25.8 Å². The molecule has 1 aromatic heterocycles. The van der Waals surface area contributed by atoms with Crippen LogP contribution in [0.15, 0.2) is 12.3 Å². The van der Waals surface area contributed by atoms with Crippen LogP contribution in [0.3, 0.4) is 0 Å². The second kappa shape index (κ2) is 6.36. The summed E-state index contributed by atoms with van der Waals surface area (Å²) in [6.07, 6.45) is 3.72. The standard InChI is InChI=1S/C13H20ClN3O/c1-2-4-16-12(9-3-5-18-8-9)11-6-10(14)7-17-13(11)15/h6-7,9,12,16H,2-5,8H2,1H3,(H2,15,17). The van der Waals surface area contributed by atoms with Gasteiger partial charge in [0.2, 0.25) is 0 Å². The minimum Gasteiger partial charge on any atom is -0.383 e. The van der Waals surface area contributed by atoms with E-state index in [1.54, 1.807) is 6.20 Å². The Morgan fingerprint density at radius 3 is 3.17 bits per heavy atom. The first kappa shape index (κ1) is 13.6. The van der Waals surface area contributed by atoms with Gasteiger partial charge in [-0.05, 0) is 25.5 Å². The molecule has 3 N–H and O–H groups in total. The Morgan fingerprint density at radius 2 is 2.50 bits per heavy atom. The highest BCUT2D eigenvalue weighted by Gasteiger charge is 2.28. The van der Waals surface area contributed by atoms with Gasteiger partial charge in [0, 0.05) is 30.3 Å². The number of nitrogens with one attached hydrogen (secondary N) is 1. The van der Waals surface area contributed by atoms with Crippen molar-refractivity contribution in [3.8, 4) is 0 Å². The normalized spacial score (nSPS) is 21.1. The molecule has 0 bridgehead atoms. The molecule has 0 spiro atoms. The van der Waals surface area contributed by atoms with E-state index in [-0.39, 0.29) is 6.04 Å². The van der Waals surface area contributed by atoms with Crippen LogP contribution in [0, 0.1) is 5.92 Å². The van der Waals surface area contributed by atoms with Gasteiger partial charge in [0.25, 0.3) is 0 Å². The van der Waals surface area contributed by atoms with Gasteiger partial charge in [-0.2, -0.15) is 0 Å². The largest absolute Gasteiger partial charge is 0.383 e. The summed E-state index contributed by atoms with van der Waals surface area (Å²) in [5.74, 6) is 0.999. The zero-order valence-electron chi connectivity index (χ0n) is 10.7. The van der Waals surface area contributed by atoms with Gasteiger partial charge in [-0.3, -0.25) is 0 Å². The molecule has 0 amide bonds. The molecule has 0 saturated carbocycles. The quantitative estimate of drug-likeness (QED) is 0.862. The predicted molar refractivity (Wildman–Crippen MR) is 73.6 cm³/mol. The summed E-state index contributed by atoms with van der Waals surface area (Å²) >= 11 is 6.02. The van der Waals surface area contributed by atoms with Gasteiger partial charge in [0.05, 0.1) is 11.6 Å². The number of halogens is 1. The summed E-state index contributed by atoms with van der Waals surface area (Å²) in [5.41, 5.74) is 6.97. The van der Waals surface area contributed by atoms with Crippen molar-refractivity contribution in [3.63, 3.8) is 0 Å². The third-order valence-electron chi connectivity index (χ3n) is 3.30. The highest BCUT2D eigenvalue weighted by Crippen LogP contribution is 2.32. The second-order valence-electron chi connectivity index (χ2n) is 4.68. The Hall–Kier alpha value is -0.840. The molecule has 0 aromatic carbocycles. The van der Waals surface area contributed by atoms with Crippen LogP contribution in [0.25, 0.3) is 0 Å². The fourth-order valence-corrected chi connectivity index (χ4v) is 2.53. The first-order valence-corrected chi connectivity index (χ1v) is 6.82. The van der Waals surface area contributed by atoms with E-state index in [1.165, 1.54) is 0 Å². The molecule has 2 heterocycles. The van der Waals surface area contributed by atoms with Crippen LogP contribution in [0.4, 0.5) is 5.82 Å². The van der Waals surface area contributed by atoms with Crippen molar-refractivity contribution in [2.75, 3.05) is 25.5 Å². The average Bonchev–Trinajstić information content (AvgIpc) is 2.88. The van der Waals surface area contributed by atoms with E-state index >= 15 is 0 Å². The van der Waals surface area contributed by atoms with Gasteiger partial charge in [0.15, 0.2) is 0 Å². The molecule has 5 heteroatoms. The Morgan fingerprint density at radius 1 is 1.67 bits per heavy atom. The van der Waals surface area contributed by atoms with Gasteiger partial charge < -0.3 is 15.8 Å². The van der Waals surface area contributed by atoms with Crippen LogP contribution < -0.4 is 11.1 Å². The molecule has 1 fully saturated rings. The van der Waals surface area contributed by atoms with E-state index in [0.717, 1.165) is 38.2 Å². The zero-order chi connectivity index (χ0) is 13.0. The van der Waals surface area contributed by atoms with E-state index in [0.29, 0.717) is 16.8 Å². The molecule has 0 radical (unpaired) electrons. The summed E-state index contributed by atoms with van der Waals surface area (Å²) in [4.78, 5) is 4.14. The fourth-order valence-electron chi connectivity index (χ4n) is 2.36. The maximum absolute atomic E-state index is 6.02. The number of aromatic nitrogens is 1. The van der Waals surface area contributed by atoms with E-state index < -0.39 is 0 Å². The molecule has 1 aliphatic heterocycles. The van der Waals surface area contributed by atoms with Crippen LogP contribution >= 0.6 is 11.6 Å². The Labute approximate surface area is 113 Å². The van der Waals surface area contributed by atoms with E-state index in [2.05, 4.69) is 17.2 Å². The van der Waals surface area contributed by atoms with Crippen molar-refractivity contribution in [1.82, 2.24) is 10.3 Å². The van der Waals surface area contributed by atoms with Crippen LogP contribution in [0.2, 0.25) is 5.02 Å². The molecule has 1 aliphatic rings. The second-order valence-corrected chi connectivity index (χ2v) is 5.12. The monoisotopic (exact) mass is 269 g/mol. The number of hydrogen-bond acceptors (Lipinski definition) is 4. The SMILES string of the molecule is CCCNC(c1cc(Cl)cnc1N)C1CCOC1. The van der Waals surface area contributed by atoms with Crippen molar-refractivity contribution < 1.29 is 4.74 Å². The highest BCUT2D eigenvalue weighted by atomic mass is 35.5. The molecule has 0 aliphatic carbocycles. The number of nitrogens with zero attached hydrogens (tertiary/aromatic N) is 1. The Bertz CT molecular complexity index is 394. The number of nitrogen functional groups attached to an aromatic ring is 1. The van der Waals surface area contributed by atoms with Crippen LogP contribution in [-0.4, -0.2) is 24.7 Å². The fraction of sp³-hybridized carbons (Fsp3) is 0.615. The van der Waals surface area contributed by atoms with E-state index in [4.69, 9.17) is 22.1 Å². The number of hydrogen-bond donors (Lipinski definition) is 2. The van der Waals surface area contributed by atoms with Gasteiger partial charge in [-0.15, -0.1) is 0 Å². The van der Waals surface area contributed by atoms with Gasteiger partial charge in [-0.25, -0.2) is 4.98 Å². The molecule has 1 aromatic rings. The van der Waals surface area contributed by atoms with Crippen molar-refractivity contribution in [3.05, 3.63) is 22.8 Å². The van der Waals surface area contributed by atoms with Crippen LogP contribution in [0.1, 0.15) is 31.4 Å². The van der Waals surface area contributed by atoms with Crippen molar-refractivity contribution in [2.24, 2.45) is 5.92 Å². The smallest absolute Gasteiger partial charge is 0.128 e. The third-order valence-corrected chi connectivity index (χ3v) is 3.51. The number of rotatable bonds is 5. The number of pyridine rings is 1. The average molecular weight is 270 g/mol. The Kier molecular flexibility index (Phi) is 4.80. The Balaban J connectivity index is 2.23. The lowest BCUT2D eigenvalue weighted by Crippen LogP contribution is -2.30. The molecule has 1 saturated heterocycles. The predicted octanol–water partition coefficient (Wildman–Crippen LogP) is 2.39. The summed E-state index contributed by atoms with van der Waals surface area (Å²) < 4.78 is 5.48. The minimum absolute atomic E-state index is 0.179. The lowest BCUT2D eigenvalue weighted by Gasteiger charge is -2.25. The first-order chi connectivity index (χ1) is 8.72. The van der Waals surface area contributed by atoms with Gasteiger partial charge in [0.1, 0.15) is 5.82 Å². The zero-order valence-corrected chi connectivity index (χ0v) is 11.4. The molecule has 2 atom stereocenters. The lowest BCUT2D eigenvalue weighted by atomic mass is 9.92. The summed E-state index contributed by atoms with van der Waals surface area (Å²) in [6.45, 7) is 4.69. The van der Waals surface area contributed by atoms with E-state index in [1.807, 2.05) is 6.07 Å². The highest BCUT2D eigenvalue weighted by molar-refractivity contribution is 6.30. The molecular weight excluding hydrogens is 250 g/mol. The van der Waals surface area contributed by atoms with E-state index in [9.17, 15) is 0 Å². The van der Waals surface area contributed by atoms with Gasteiger partial charge in [-0.1, -0.05) is 18.5 Å². The number of anilines is 1. The maximum atomic E-state index is 6.02. The molecule has 4 nitrogen and oxygen atoms in total. The number of nitrogens with two attached hydrogens (primary N) is 1. The molecule has 2 rings (SSSR count). The van der Waals surface area contributed by atoms with Crippen LogP contribution in [-0.2, 0) is 4.74 Å². The molecular formula is C13H20ClN3O. The van der Waals surface area contributed by atoms with Crippen molar-refractivity contribution >= 4 is 17.4 Å². The summed E-state index contributed by atoms with van der Waals surface area (Å²) in [5, 5.41) is 4.16. The lowest BCUT2D eigenvalue weighted by molar-refractivity contribution is 0.176. The van der Waals surface area contributed by atoms with Crippen LogP contribution in [0.5, 0.6) is 0 Å². The summed E-state index contributed by atoms with van der Waals surface area (Å²) in [7, 11) is 0. The maximum Gasteiger partial charge on any atom is 0.128 e.